The third-order valence-electron chi connectivity index (χ3n) is 12.7. The second-order valence-electron chi connectivity index (χ2n) is 15.0. The number of hydrogen-bond donors (Lipinski definition) is 0. The molecule has 0 heterocycles. The van der Waals surface area contributed by atoms with E-state index in [0.29, 0.717) is 0 Å². The van der Waals surface area contributed by atoms with Gasteiger partial charge in [0.2, 0.25) is 0 Å². The molecule has 0 radical (unpaired) electrons. The normalized spacial score (nSPS) is 42.5. The van der Waals surface area contributed by atoms with Crippen LogP contribution in [0.2, 0.25) is 4.89 Å². The van der Waals surface area contributed by atoms with Crippen molar-refractivity contribution in [3.63, 3.8) is 0 Å². The molecule has 2 aromatic carbocycles. The average Bonchev–Trinajstić information content (AvgIpc) is 2.85. The van der Waals surface area contributed by atoms with E-state index in [1.165, 1.54) is 27.7 Å². The molecule has 0 amide bonds. The summed E-state index contributed by atoms with van der Waals surface area (Å²) in [5.74, 6) is 7.63. The molecule has 0 unspecified atom stereocenters. The zero-order valence-corrected chi connectivity index (χ0v) is 25.9. The van der Waals surface area contributed by atoms with Gasteiger partial charge in [-0.1, -0.05) is 0 Å². The van der Waals surface area contributed by atoms with Crippen LogP contribution in [0.1, 0.15) is 95.5 Å². The fourth-order valence-corrected chi connectivity index (χ4v) is 17.6. The van der Waals surface area contributed by atoms with Crippen molar-refractivity contribution < 1.29 is 14.7 Å². The van der Waals surface area contributed by atoms with Gasteiger partial charge in [0.1, 0.15) is 0 Å². The van der Waals surface area contributed by atoms with Crippen LogP contribution < -0.4 is 4.04 Å². The molecule has 0 atom stereocenters. The van der Waals surface area contributed by atoms with E-state index in [4.69, 9.17) is 0 Å². The van der Waals surface area contributed by atoms with Crippen molar-refractivity contribution in [2.24, 2.45) is 52.3 Å². The summed E-state index contributed by atoms with van der Waals surface area (Å²) in [6.45, 7) is 2.38. The Labute approximate surface area is 237 Å². The third-order valence-corrected chi connectivity index (χ3v) is 18.7. The van der Waals surface area contributed by atoms with Crippen molar-refractivity contribution in [3.8, 4) is 0 Å². The summed E-state index contributed by atoms with van der Waals surface area (Å²) >= 11 is 3.47. The molecule has 8 saturated carbocycles. The molecule has 8 aliphatic carbocycles. The van der Waals surface area contributed by atoms with Gasteiger partial charge >= 0.3 is 239 Å². The van der Waals surface area contributed by atoms with Crippen molar-refractivity contribution in [1.29, 1.82) is 0 Å². The molecular weight excluding hydrogens is 607 g/mol. The number of benzene rings is 2. The minimum absolute atomic E-state index is 0.736. The summed E-state index contributed by atoms with van der Waals surface area (Å²) in [7, 11) is 0. The Bertz CT molecular complexity index is 1070. The van der Waals surface area contributed by atoms with Crippen LogP contribution in [0.4, 0.5) is 0 Å². The minimum atomic E-state index is -0.851. The van der Waals surface area contributed by atoms with Crippen LogP contribution >= 0.6 is 13.4 Å². The van der Waals surface area contributed by atoms with Crippen molar-refractivity contribution in [2.75, 3.05) is 0 Å². The van der Waals surface area contributed by atoms with Crippen molar-refractivity contribution >= 4 is 28.2 Å². The molecule has 8 aliphatic rings. The van der Waals surface area contributed by atoms with Gasteiger partial charge in [-0.05, 0) is 0 Å². The fourth-order valence-electron chi connectivity index (χ4n) is 12.5. The molecule has 0 aliphatic heterocycles. The number of aryl methyl sites for hydroxylation is 1. The molecule has 2 aromatic rings. The summed E-state index contributed by atoms with van der Waals surface area (Å²) in [6.07, 6.45) is 22.4. The second kappa shape index (κ2) is 9.18. The summed E-state index contributed by atoms with van der Waals surface area (Å²) < 4.78 is 1.64. The van der Waals surface area contributed by atoms with Crippen molar-refractivity contribution in [2.45, 2.75) is 102 Å². The molecular formula is C35H46BrPd-. The SMILES string of the molecule is Cc1[c]([Pd-]([Br])[CH2]CCC(C23CC4CC(CC(C4)C2)C3)C23CC4CC(CC(C4)C2)C3)ccc2ccccc12. The van der Waals surface area contributed by atoms with Crippen LogP contribution in [-0.4, -0.2) is 0 Å². The third kappa shape index (κ3) is 4.12. The van der Waals surface area contributed by atoms with Crippen LogP contribution in [0, 0.1) is 59.2 Å². The van der Waals surface area contributed by atoms with Crippen LogP contribution in [0.25, 0.3) is 10.8 Å². The zero-order valence-electron chi connectivity index (χ0n) is 22.8. The van der Waals surface area contributed by atoms with Gasteiger partial charge < -0.3 is 0 Å². The first-order valence-electron chi connectivity index (χ1n) is 15.7. The van der Waals surface area contributed by atoms with Crippen LogP contribution in [-0.2, 0) is 14.7 Å². The number of rotatable bonds is 7. The molecule has 37 heavy (non-hydrogen) atoms. The van der Waals surface area contributed by atoms with E-state index in [9.17, 15) is 0 Å². The molecule has 8 fully saturated rings. The monoisotopic (exact) mass is 651 g/mol. The van der Waals surface area contributed by atoms with E-state index in [0.717, 1.165) is 52.3 Å². The first-order valence-corrected chi connectivity index (χ1v) is 21.1. The fraction of sp³-hybridized carbons (Fsp3) is 0.714. The quantitative estimate of drug-likeness (QED) is 0.261. The Balaban J connectivity index is 1.06. The Hall–Kier alpha value is -0.158. The van der Waals surface area contributed by atoms with E-state index in [1.807, 2.05) is 0 Å². The molecule has 10 rings (SSSR count). The van der Waals surface area contributed by atoms with Gasteiger partial charge in [-0.15, -0.1) is 0 Å². The Morgan fingerprint density at radius 3 is 1.73 bits per heavy atom. The number of fused-ring (bicyclic) bond motifs is 1. The van der Waals surface area contributed by atoms with Crippen LogP contribution in [0.15, 0.2) is 36.4 Å². The van der Waals surface area contributed by atoms with Crippen molar-refractivity contribution in [1.82, 2.24) is 0 Å². The molecule has 0 saturated heterocycles. The van der Waals surface area contributed by atoms with Gasteiger partial charge in [0, 0.05) is 0 Å². The molecule has 0 spiro atoms. The van der Waals surface area contributed by atoms with Gasteiger partial charge in [0.05, 0.1) is 0 Å². The van der Waals surface area contributed by atoms with Gasteiger partial charge in [-0.2, -0.15) is 0 Å². The molecule has 0 aromatic heterocycles. The molecule has 204 valence electrons. The predicted molar refractivity (Wildman–Crippen MR) is 156 cm³/mol. The van der Waals surface area contributed by atoms with Gasteiger partial charge in [0.25, 0.3) is 0 Å². The van der Waals surface area contributed by atoms with Crippen molar-refractivity contribution in [3.05, 3.63) is 42.0 Å². The summed E-state index contributed by atoms with van der Waals surface area (Å²) in [4.78, 5) is 1.42. The van der Waals surface area contributed by atoms with Gasteiger partial charge in [-0.25, -0.2) is 0 Å². The molecule has 8 bridgehead atoms. The Kier molecular flexibility index (Phi) is 6.11. The number of halogens is 1. The predicted octanol–water partition coefficient (Wildman–Crippen LogP) is 9.95. The first-order chi connectivity index (χ1) is 18.0. The second-order valence-corrected chi connectivity index (χ2v) is 21.5. The topological polar surface area (TPSA) is 0 Å². The Morgan fingerprint density at radius 1 is 0.730 bits per heavy atom. The van der Waals surface area contributed by atoms with E-state index in [-0.39, 0.29) is 0 Å². The Morgan fingerprint density at radius 2 is 1.22 bits per heavy atom. The van der Waals surface area contributed by atoms with Gasteiger partial charge in [0.15, 0.2) is 0 Å². The van der Waals surface area contributed by atoms with E-state index in [1.54, 1.807) is 87.5 Å². The van der Waals surface area contributed by atoms with E-state index < -0.39 is 14.7 Å². The molecule has 0 N–H and O–H groups in total. The summed E-state index contributed by atoms with van der Waals surface area (Å²) in [6, 6.07) is 13.8. The average molecular weight is 653 g/mol. The molecule has 0 nitrogen and oxygen atoms in total. The zero-order chi connectivity index (χ0) is 24.8. The maximum atomic E-state index is 4.32. The van der Waals surface area contributed by atoms with E-state index >= 15 is 0 Å². The first kappa shape index (κ1) is 24.6. The number of hydrogen-bond acceptors (Lipinski definition) is 0. The van der Waals surface area contributed by atoms with Crippen LogP contribution in [0.3, 0.4) is 0 Å². The van der Waals surface area contributed by atoms with Crippen LogP contribution in [0.5, 0.6) is 0 Å². The van der Waals surface area contributed by atoms with Gasteiger partial charge in [-0.3, -0.25) is 0 Å². The maximum absolute atomic E-state index is 4.32. The summed E-state index contributed by atoms with van der Waals surface area (Å²) in [5.41, 5.74) is 3.01. The molecule has 2 heteroatoms. The summed E-state index contributed by atoms with van der Waals surface area (Å²) in [5, 5.41) is 2.86. The standard InChI is InChI=1S/C24H37.C11H9.BrH.Pd/c1-2-3-22(23-10-16-4-17(11-23)6-18(5-16)12-23)24-13-19-7-20(14-24)9-21(8-19)15-24;1-9-5-4-7-10-6-2-3-8-11(9)10;;/h16-22H,1-15H2;2-4,6-8H,1H3;1H;/p-1. The van der Waals surface area contributed by atoms with E-state index in [2.05, 4.69) is 56.8 Å².